The van der Waals surface area contributed by atoms with Crippen molar-refractivity contribution in [1.29, 1.82) is 0 Å². The molecule has 0 aliphatic heterocycles. The maximum atomic E-state index is 12.9. The number of anilines is 1. The Morgan fingerprint density at radius 2 is 1.90 bits per heavy atom. The van der Waals surface area contributed by atoms with Gasteiger partial charge < -0.3 is 9.84 Å². The first kappa shape index (κ1) is 19.5. The highest BCUT2D eigenvalue weighted by atomic mass is 16.5. The number of aryl methyl sites for hydroxylation is 1. The van der Waals surface area contributed by atoms with Gasteiger partial charge in [-0.2, -0.15) is 4.98 Å². The van der Waals surface area contributed by atoms with Crippen molar-refractivity contribution in [3.63, 3.8) is 0 Å². The molecule has 0 radical (unpaired) electrons. The molecule has 2 aromatic heterocycles. The van der Waals surface area contributed by atoms with E-state index in [2.05, 4.69) is 33.4 Å². The van der Waals surface area contributed by atoms with Gasteiger partial charge in [0.15, 0.2) is 0 Å². The normalized spacial score (nSPS) is 10.7. The number of benzene rings is 2. The molecule has 1 amide bonds. The van der Waals surface area contributed by atoms with Crippen LogP contribution in [0.15, 0.2) is 77.4 Å². The first-order valence-electron chi connectivity index (χ1n) is 9.99. The van der Waals surface area contributed by atoms with Crippen LogP contribution < -0.4 is 5.32 Å². The van der Waals surface area contributed by atoms with Crippen molar-refractivity contribution >= 4 is 11.6 Å². The van der Waals surface area contributed by atoms with Crippen LogP contribution in [0.25, 0.3) is 23.0 Å². The fraction of sp³-hybridized carbons (Fsp3) is 0.167. The monoisotopic (exact) mass is 398 g/mol. The Kier molecular flexibility index (Phi) is 5.94. The molecule has 0 atom stereocenters. The van der Waals surface area contributed by atoms with Gasteiger partial charge in [0.25, 0.3) is 11.8 Å². The lowest BCUT2D eigenvalue weighted by Gasteiger charge is -2.09. The number of hydrogen-bond donors (Lipinski definition) is 1. The third kappa shape index (κ3) is 4.43. The van der Waals surface area contributed by atoms with Gasteiger partial charge in [-0.05, 0) is 54.8 Å². The standard InChI is InChI=1S/C24H22N4O2/c1-2-3-9-17-10-8-11-18(16-17)23(29)26-20-13-5-4-12-19(20)24-27-22(28-30-24)21-14-6-7-15-25-21/h4-8,10-16H,2-3,9H2,1H3,(H,26,29). The molecule has 30 heavy (non-hydrogen) atoms. The zero-order chi connectivity index (χ0) is 20.8. The Labute approximate surface area is 175 Å². The van der Waals surface area contributed by atoms with Crippen LogP contribution in [0.3, 0.4) is 0 Å². The zero-order valence-corrected chi connectivity index (χ0v) is 16.7. The van der Waals surface area contributed by atoms with Gasteiger partial charge in [0.2, 0.25) is 5.82 Å². The molecule has 0 saturated heterocycles. The van der Waals surface area contributed by atoms with Gasteiger partial charge in [0.05, 0.1) is 11.3 Å². The number of carbonyl (C=O) groups is 1. The van der Waals surface area contributed by atoms with Crippen molar-refractivity contribution in [3.05, 3.63) is 84.1 Å². The number of para-hydroxylation sites is 1. The number of aromatic nitrogens is 3. The van der Waals surface area contributed by atoms with Crippen LogP contribution in [0.4, 0.5) is 5.69 Å². The molecule has 0 aliphatic carbocycles. The number of rotatable bonds is 7. The van der Waals surface area contributed by atoms with Crippen LogP contribution >= 0.6 is 0 Å². The van der Waals surface area contributed by atoms with E-state index in [-0.39, 0.29) is 5.91 Å². The third-order valence-electron chi connectivity index (χ3n) is 4.73. The number of nitrogens with one attached hydrogen (secondary N) is 1. The van der Waals surface area contributed by atoms with Crippen molar-refractivity contribution in [1.82, 2.24) is 15.1 Å². The van der Waals surface area contributed by atoms with Gasteiger partial charge in [-0.15, -0.1) is 0 Å². The minimum absolute atomic E-state index is 0.176. The summed E-state index contributed by atoms with van der Waals surface area (Å²) >= 11 is 0. The summed E-state index contributed by atoms with van der Waals surface area (Å²) in [7, 11) is 0. The molecule has 6 heteroatoms. The lowest BCUT2D eigenvalue weighted by Crippen LogP contribution is -2.13. The van der Waals surface area contributed by atoms with E-state index in [4.69, 9.17) is 4.52 Å². The van der Waals surface area contributed by atoms with E-state index < -0.39 is 0 Å². The zero-order valence-electron chi connectivity index (χ0n) is 16.7. The van der Waals surface area contributed by atoms with Crippen molar-refractivity contribution in [3.8, 4) is 23.0 Å². The van der Waals surface area contributed by atoms with E-state index in [1.807, 2.05) is 60.7 Å². The minimum atomic E-state index is -0.176. The summed E-state index contributed by atoms with van der Waals surface area (Å²) in [5.41, 5.74) is 3.67. The van der Waals surface area contributed by atoms with Crippen molar-refractivity contribution in [2.45, 2.75) is 26.2 Å². The molecular formula is C24H22N4O2. The van der Waals surface area contributed by atoms with Crippen molar-refractivity contribution < 1.29 is 9.32 Å². The Hall–Kier alpha value is -3.80. The highest BCUT2D eigenvalue weighted by molar-refractivity contribution is 6.06. The fourth-order valence-corrected chi connectivity index (χ4v) is 3.15. The van der Waals surface area contributed by atoms with E-state index in [1.165, 1.54) is 0 Å². The van der Waals surface area contributed by atoms with E-state index >= 15 is 0 Å². The van der Waals surface area contributed by atoms with E-state index in [0.29, 0.717) is 34.2 Å². The SMILES string of the molecule is CCCCc1cccc(C(=O)Nc2ccccc2-c2nc(-c3ccccn3)no2)c1. The highest BCUT2D eigenvalue weighted by Crippen LogP contribution is 2.28. The quantitative estimate of drug-likeness (QED) is 0.451. The molecule has 1 N–H and O–H groups in total. The van der Waals surface area contributed by atoms with Crippen LogP contribution in [0.2, 0.25) is 0 Å². The Morgan fingerprint density at radius 1 is 1.03 bits per heavy atom. The molecule has 150 valence electrons. The van der Waals surface area contributed by atoms with E-state index in [0.717, 1.165) is 24.8 Å². The van der Waals surface area contributed by atoms with Gasteiger partial charge >= 0.3 is 0 Å². The van der Waals surface area contributed by atoms with Crippen LogP contribution in [0.1, 0.15) is 35.7 Å². The van der Waals surface area contributed by atoms with Gasteiger partial charge in [0.1, 0.15) is 5.69 Å². The second-order valence-electron chi connectivity index (χ2n) is 6.94. The van der Waals surface area contributed by atoms with Crippen molar-refractivity contribution in [2.75, 3.05) is 5.32 Å². The van der Waals surface area contributed by atoms with Gasteiger partial charge in [0, 0.05) is 11.8 Å². The first-order valence-corrected chi connectivity index (χ1v) is 9.99. The van der Waals surface area contributed by atoms with Crippen LogP contribution in [0, 0.1) is 0 Å². The molecule has 0 bridgehead atoms. The topological polar surface area (TPSA) is 80.9 Å². The maximum absolute atomic E-state index is 12.9. The predicted molar refractivity (Wildman–Crippen MR) is 116 cm³/mol. The molecule has 2 heterocycles. The summed E-state index contributed by atoms with van der Waals surface area (Å²) in [4.78, 5) is 21.6. The maximum Gasteiger partial charge on any atom is 0.260 e. The fourth-order valence-electron chi connectivity index (χ4n) is 3.15. The van der Waals surface area contributed by atoms with E-state index in [9.17, 15) is 4.79 Å². The lowest BCUT2D eigenvalue weighted by atomic mass is 10.0. The summed E-state index contributed by atoms with van der Waals surface area (Å²) < 4.78 is 5.44. The molecule has 0 unspecified atom stereocenters. The number of nitrogens with zero attached hydrogens (tertiary/aromatic N) is 3. The average molecular weight is 398 g/mol. The molecule has 6 nitrogen and oxygen atoms in total. The smallest absolute Gasteiger partial charge is 0.260 e. The summed E-state index contributed by atoms with van der Waals surface area (Å²) in [6.45, 7) is 2.16. The molecule has 0 saturated carbocycles. The Bertz CT molecular complexity index is 1140. The number of hydrogen-bond acceptors (Lipinski definition) is 5. The van der Waals surface area contributed by atoms with Crippen LogP contribution in [-0.2, 0) is 6.42 Å². The number of pyridine rings is 1. The van der Waals surface area contributed by atoms with Gasteiger partial charge in [-0.3, -0.25) is 9.78 Å². The molecule has 0 spiro atoms. The van der Waals surface area contributed by atoms with Crippen LogP contribution in [-0.4, -0.2) is 21.0 Å². The van der Waals surface area contributed by atoms with E-state index in [1.54, 1.807) is 6.20 Å². The molecule has 4 aromatic rings. The molecule has 0 aliphatic rings. The summed E-state index contributed by atoms with van der Waals surface area (Å²) in [6, 6.07) is 20.6. The minimum Gasteiger partial charge on any atom is -0.333 e. The first-order chi connectivity index (χ1) is 14.7. The number of carbonyl (C=O) groups excluding carboxylic acids is 1. The molecule has 2 aromatic carbocycles. The lowest BCUT2D eigenvalue weighted by molar-refractivity contribution is 0.102. The Balaban J connectivity index is 1.57. The second kappa shape index (κ2) is 9.13. The average Bonchev–Trinajstić information content (AvgIpc) is 3.29. The summed E-state index contributed by atoms with van der Waals surface area (Å²) in [5.74, 6) is 0.545. The Morgan fingerprint density at radius 3 is 2.73 bits per heavy atom. The predicted octanol–water partition coefficient (Wildman–Crippen LogP) is 5.39. The number of unbranched alkanes of at least 4 members (excludes halogenated alkanes) is 1. The highest BCUT2D eigenvalue weighted by Gasteiger charge is 2.16. The van der Waals surface area contributed by atoms with Gasteiger partial charge in [-0.1, -0.05) is 48.8 Å². The van der Waals surface area contributed by atoms with Crippen LogP contribution in [0.5, 0.6) is 0 Å². The molecule has 4 rings (SSSR count). The van der Waals surface area contributed by atoms with Gasteiger partial charge in [-0.25, -0.2) is 0 Å². The molecular weight excluding hydrogens is 376 g/mol. The summed E-state index contributed by atoms with van der Waals surface area (Å²) in [6.07, 6.45) is 4.86. The van der Waals surface area contributed by atoms with Crippen molar-refractivity contribution in [2.24, 2.45) is 0 Å². The largest absolute Gasteiger partial charge is 0.333 e. The number of amides is 1. The molecule has 0 fully saturated rings. The summed E-state index contributed by atoms with van der Waals surface area (Å²) in [5, 5.41) is 7.00. The third-order valence-corrected chi connectivity index (χ3v) is 4.73. The second-order valence-corrected chi connectivity index (χ2v) is 6.94.